The van der Waals surface area contributed by atoms with Crippen molar-refractivity contribution < 1.29 is 4.74 Å². The normalized spacial score (nSPS) is 19.0. The number of ether oxygens (including phenoxy) is 1. The minimum absolute atomic E-state index is 0.389. The molecule has 0 radical (unpaired) electrons. The van der Waals surface area contributed by atoms with Crippen molar-refractivity contribution in [2.24, 2.45) is 5.92 Å². The van der Waals surface area contributed by atoms with E-state index in [4.69, 9.17) is 4.74 Å². The molecule has 1 heterocycles. The fourth-order valence-electron chi connectivity index (χ4n) is 1.88. The van der Waals surface area contributed by atoms with Gasteiger partial charge in [-0.2, -0.15) is 0 Å². The number of benzene rings is 1. The Bertz CT molecular complexity index is 322. The van der Waals surface area contributed by atoms with Crippen LogP contribution in [0.2, 0.25) is 0 Å². The van der Waals surface area contributed by atoms with Gasteiger partial charge >= 0.3 is 0 Å². The van der Waals surface area contributed by atoms with Gasteiger partial charge < -0.3 is 10.1 Å². The third kappa shape index (κ3) is 2.51. The highest BCUT2D eigenvalue weighted by Gasteiger charge is 2.22. The lowest BCUT2D eigenvalue weighted by Gasteiger charge is -2.12. The van der Waals surface area contributed by atoms with Crippen molar-refractivity contribution in [1.29, 1.82) is 0 Å². The summed E-state index contributed by atoms with van der Waals surface area (Å²) in [6.45, 7) is 6.35. The molecule has 0 aromatic heterocycles. The highest BCUT2D eigenvalue weighted by molar-refractivity contribution is 5.39. The Morgan fingerprint density at radius 2 is 2.20 bits per heavy atom. The molecule has 0 aliphatic carbocycles. The smallest absolute Gasteiger partial charge is 0.124 e. The molecule has 1 aromatic rings. The van der Waals surface area contributed by atoms with E-state index >= 15 is 0 Å². The number of para-hydroxylation sites is 1. The van der Waals surface area contributed by atoms with E-state index in [2.05, 4.69) is 31.3 Å². The van der Waals surface area contributed by atoms with Gasteiger partial charge in [-0.3, -0.25) is 0 Å². The van der Waals surface area contributed by atoms with Crippen LogP contribution in [0.5, 0.6) is 5.75 Å². The maximum absolute atomic E-state index is 5.61. The second-order valence-corrected chi connectivity index (χ2v) is 4.54. The van der Waals surface area contributed by atoms with Crippen molar-refractivity contribution in [3.8, 4) is 5.75 Å². The Balaban J connectivity index is 1.90. The standard InChI is InChI=1S/C13H19NO/c1-10(2)7-8-14-12-9-15-13-6-4-3-5-11(12)13/h3-6,10,12,14H,7-9H2,1-2H3. The molecule has 1 aromatic carbocycles. The molecule has 82 valence electrons. The number of rotatable bonds is 4. The van der Waals surface area contributed by atoms with Gasteiger partial charge in [-0.15, -0.1) is 0 Å². The zero-order chi connectivity index (χ0) is 10.7. The zero-order valence-corrected chi connectivity index (χ0v) is 9.49. The van der Waals surface area contributed by atoms with Crippen molar-refractivity contribution in [3.05, 3.63) is 29.8 Å². The van der Waals surface area contributed by atoms with Gasteiger partial charge in [-0.25, -0.2) is 0 Å². The third-order valence-corrected chi connectivity index (χ3v) is 2.81. The summed E-state index contributed by atoms with van der Waals surface area (Å²) in [6, 6.07) is 8.68. The molecule has 0 fully saturated rings. The quantitative estimate of drug-likeness (QED) is 0.816. The lowest BCUT2D eigenvalue weighted by Crippen LogP contribution is -2.24. The molecule has 1 N–H and O–H groups in total. The predicted octanol–water partition coefficient (Wildman–Crippen LogP) is 2.76. The largest absolute Gasteiger partial charge is 0.491 e. The van der Waals surface area contributed by atoms with Crippen LogP contribution in [-0.2, 0) is 0 Å². The van der Waals surface area contributed by atoms with Crippen LogP contribution in [0.15, 0.2) is 24.3 Å². The Morgan fingerprint density at radius 1 is 1.40 bits per heavy atom. The second-order valence-electron chi connectivity index (χ2n) is 4.54. The van der Waals surface area contributed by atoms with Crippen LogP contribution in [0.4, 0.5) is 0 Å². The maximum atomic E-state index is 5.61. The molecule has 0 saturated carbocycles. The van der Waals surface area contributed by atoms with Crippen LogP contribution in [0.25, 0.3) is 0 Å². The Morgan fingerprint density at radius 3 is 3.00 bits per heavy atom. The summed E-state index contributed by atoms with van der Waals surface area (Å²) in [5.74, 6) is 1.80. The van der Waals surface area contributed by atoms with Crippen LogP contribution < -0.4 is 10.1 Å². The first-order valence-corrected chi connectivity index (χ1v) is 5.72. The maximum Gasteiger partial charge on any atom is 0.124 e. The van der Waals surface area contributed by atoms with Crippen LogP contribution in [0.1, 0.15) is 31.9 Å². The lowest BCUT2D eigenvalue weighted by molar-refractivity contribution is 0.308. The topological polar surface area (TPSA) is 21.3 Å². The van der Waals surface area contributed by atoms with Gasteiger partial charge in [0.2, 0.25) is 0 Å². The van der Waals surface area contributed by atoms with Crippen molar-refractivity contribution in [2.75, 3.05) is 13.2 Å². The number of fused-ring (bicyclic) bond motifs is 1. The van der Waals surface area contributed by atoms with E-state index < -0.39 is 0 Å². The molecule has 0 amide bonds. The zero-order valence-electron chi connectivity index (χ0n) is 9.49. The van der Waals surface area contributed by atoms with Crippen molar-refractivity contribution in [2.45, 2.75) is 26.3 Å². The average molecular weight is 205 g/mol. The first kappa shape index (κ1) is 10.5. The third-order valence-electron chi connectivity index (χ3n) is 2.81. The molecule has 15 heavy (non-hydrogen) atoms. The molecule has 1 aliphatic rings. The minimum atomic E-state index is 0.389. The van der Waals surface area contributed by atoms with Gasteiger partial charge in [-0.1, -0.05) is 32.0 Å². The van der Waals surface area contributed by atoms with Crippen LogP contribution in [-0.4, -0.2) is 13.2 Å². The first-order valence-electron chi connectivity index (χ1n) is 5.72. The van der Waals surface area contributed by atoms with Gasteiger partial charge in [0, 0.05) is 5.56 Å². The van der Waals surface area contributed by atoms with Crippen molar-refractivity contribution in [3.63, 3.8) is 0 Å². The van der Waals surface area contributed by atoms with Crippen LogP contribution >= 0.6 is 0 Å². The molecular formula is C13H19NO. The molecular weight excluding hydrogens is 186 g/mol. The van der Waals surface area contributed by atoms with Gasteiger partial charge in [0.25, 0.3) is 0 Å². The number of hydrogen-bond acceptors (Lipinski definition) is 2. The molecule has 1 unspecified atom stereocenters. The lowest BCUT2D eigenvalue weighted by atomic mass is 10.1. The van der Waals surface area contributed by atoms with Gasteiger partial charge in [0.1, 0.15) is 12.4 Å². The molecule has 0 bridgehead atoms. The monoisotopic (exact) mass is 205 g/mol. The van der Waals surface area contributed by atoms with E-state index in [1.165, 1.54) is 12.0 Å². The fourth-order valence-corrected chi connectivity index (χ4v) is 1.88. The Hall–Kier alpha value is -1.02. The fraction of sp³-hybridized carbons (Fsp3) is 0.538. The number of hydrogen-bond donors (Lipinski definition) is 1. The first-order chi connectivity index (χ1) is 7.27. The predicted molar refractivity (Wildman–Crippen MR) is 62.1 cm³/mol. The molecule has 0 spiro atoms. The summed E-state index contributed by atoms with van der Waals surface area (Å²) >= 11 is 0. The Labute approximate surface area is 91.6 Å². The molecule has 0 saturated heterocycles. The van der Waals surface area contributed by atoms with E-state index in [0.717, 1.165) is 24.8 Å². The van der Waals surface area contributed by atoms with Gasteiger partial charge in [0.15, 0.2) is 0 Å². The SMILES string of the molecule is CC(C)CCNC1COc2ccccc21. The van der Waals surface area contributed by atoms with E-state index in [0.29, 0.717) is 6.04 Å². The summed E-state index contributed by atoms with van der Waals surface area (Å²) in [5, 5.41) is 3.54. The Kier molecular flexibility index (Phi) is 3.27. The summed E-state index contributed by atoms with van der Waals surface area (Å²) in [6.07, 6.45) is 1.22. The van der Waals surface area contributed by atoms with E-state index in [9.17, 15) is 0 Å². The highest BCUT2D eigenvalue weighted by Crippen LogP contribution is 2.31. The summed E-state index contributed by atoms with van der Waals surface area (Å²) in [5.41, 5.74) is 1.31. The van der Waals surface area contributed by atoms with E-state index in [-0.39, 0.29) is 0 Å². The highest BCUT2D eigenvalue weighted by atomic mass is 16.5. The average Bonchev–Trinajstić information content (AvgIpc) is 2.62. The molecule has 2 rings (SSSR count). The van der Waals surface area contributed by atoms with Crippen molar-refractivity contribution >= 4 is 0 Å². The van der Waals surface area contributed by atoms with Gasteiger partial charge in [0.05, 0.1) is 6.04 Å². The summed E-state index contributed by atoms with van der Waals surface area (Å²) < 4.78 is 5.61. The van der Waals surface area contributed by atoms with Crippen LogP contribution in [0.3, 0.4) is 0 Å². The molecule has 2 heteroatoms. The molecule has 1 atom stereocenters. The minimum Gasteiger partial charge on any atom is -0.491 e. The molecule has 1 aliphatic heterocycles. The van der Waals surface area contributed by atoms with Crippen molar-refractivity contribution in [1.82, 2.24) is 5.32 Å². The second kappa shape index (κ2) is 4.67. The van der Waals surface area contributed by atoms with Gasteiger partial charge in [-0.05, 0) is 24.9 Å². The van der Waals surface area contributed by atoms with Crippen LogP contribution in [0, 0.1) is 5.92 Å². The summed E-state index contributed by atoms with van der Waals surface area (Å²) in [7, 11) is 0. The number of nitrogens with one attached hydrogen (secondary N) is 1. The van der Waals surface area contributed by atoms with E-state index in [1.54, 1.807) is 0 Å². The summed E-state index contributed by atoms with van der Waals surface area (Å²) in [4.78, 5) is 0. The molecule has 2 nitrogen and oxygen atoms in total. The van der Waals surface area contributed by atoms with E-state index in [1.807, 2.05) is 12.1 Å².